The topological polar surface area (TPSA) is 0 Å². The monoisotopic (exact) mass is 1820 g/mol. The second-order valence-corrected chi connectivity index (χ2v) is 45.3. The van der Waals surface area contributed by atoms with Crippen molar-refractivity contribution in [1.82, 2.24) is 0 Å². The third-order valence-corrected chi connectivity index (χ3v) is 38.9. The van der Waals surface area contributed by atoms with Crippen molar-refractivity contribution in [1.29, 1.82) is 0 Å². The molecule has 0 N–H and O–H groups in total. The third-order valence-electron chi connectivity index (χ3n) is 38.9. The van der Waals surface area contributed by atoms with E-state index in [2.05, 4.69) is 425 Å². The molecule has 15 aliphatic carbocycles. The van der Waals surface area contributed by atoms with Gasteiger partial charge in [0.25, 0.3) is 0 Å². The van der Waals surface area contributed by atoms with Crippen molar-refractivity contribution in [3.05, 3.63) is 458 Å². The second-order valence-electron chi connectivity index (χ2n) is 45.3. The predicted octanol–water partition coefficient (Wildman–Crippen LogP) is 37.6. The molecule has 0 saturated heterocycles. The first-order valence-electron chi connectivity index (χ1n) is 53.7. The van der Waals surface area contributed by atoms with E-state index in [1.165, 1.54) is 294 Å². The van der Waals surface area contributed by atoms with Crippen LogP contribution < -0.4 is 0 Å². The van der Waals surface area contributed by atoms with Crippen molar-refractivity contribution in [3.8, 4) is 122 Å². The Kier molecular flexibility index (Phi) is 18.4. The molecule has 3 spiro atoms. The molecule has 0 atom stereocenters. The molecule has 0 unspecified atom stereocenters. The summed E-state index contributed by atoms with van der Waals surface area (Å²) in [6.07, 6.45) is 21.4. The zero-order chi connectivity index (χ0) is 92.8. The normalized spacial score (nSPS) is 25.0. The number of hydrogen-bond acceptors (Lipinski definition) is 0. The van der Waals surface area contributed by atoms with E-state index < -0.39 is 0 Å². The van der Waals surface area contributed by atoms with Gasteiger partial charge in [-0.15, -0.1) is 0 Å². The van der Waals surface area contributed by atoms with Gasteiger partial charge in [0.1, 0.15) is 0 Å². The minimum Gasteiger partial charge on any atom is -0.0622 e. The maximum absolute atomic E-state index is 2.54. The van der Waals surface area contributed by atoms with Gasteiger partial charge in [0.2, 0.25) is 0 Å². The molecule has 12 fully saturated rings. The molecule has 680 valence electrons. The van der Waals surface area contributed by atoms with E-state index in [-0.39, 0.29) is 16.2 Å². The summed E-state index contributed by atoms with van der Waals surface area (Å²) in [7, 11) is 0. The van der Waals surface area contributed by atoms with Gasteiger partial charge in [0.05, 0.1) is 0 Å². The molecule has 15 aliphatic rings. The fourth-order valence-corrected chi connectivity index (χ4v) is 34.8. The van der Waals surface area contributed by atoms with Gasteiger partial charge in [-0.3, -0.25) is 0 Å². The van der Waals surface area contributed by atoms with Crippen LogP contribution in [0.15, 0.2) is 425 Å². The van der Waals surface area contributed by atoms with Crippen molar-refractivity contribution in [2.45, 2.75) is 113 Å². The van der Waals surface area contributed by atoms with Crippen LogP contribution in [0.2, 0.25) is 0 Å². The van der Waals surface area contributed by atoms with Crippen LogP contribution in [-0.2, 0) is 16.2 Å². The lowest BCUT2D eigenvalue weighted by atomic mass is 9.43. The SMILES string of the molecule is c1ccc(-c2ccc(-c3c4ccccc4c(-c4cccc5c4-c4ccccc4C54C5CC6CC(C5)CC4C6)c4ccccc34)cc2)cc1.c1ccc(-c2ccccc2-c2c3ccccc3c(-c3cccc4c3-c3ccccc3C43C4CC5CC(C4)CC3C5)c3ccccc23)cc1.c1ccc2c(c1)-c1c(-c3c4ccccc4c(-c4ccc5ccccc5c4)c4ccccc34)cccc1C21C2CC3CC(C2)CC1C3. The average Bonchev–Trinajstić information content (AvgIpc) is 1.51. The molecule has 0 amide bonds. The molecular weight excluding hydrogens is 1710 g/mol. The highest BCUT2D eigenvalue weighted by Gasteiger charge is 2.65. The second kappa shape index (κ2) is 31.7. The van der Waals surface area contributed by atoms with Crippen LogP contribution in [-0.4, -0.2) is 0 Å². The Hall–Kier alpha value is -14.6. The first kappa shape index (κ1) is 82.2. The smallest absolute Gasteiger partial charge is 0.0272 e. The van der Waals surface area contributed by atoms with Crippen molar-refractivity contribution < 1.29 is 0 Å². The number of rotatable bonds is 8. The minimum atomic E-state index is 0.162. The van der Waals surface area contributed by atoms with Crippen LogP contribution in [0.1, 0.15) is 130 Å². The van der Waals surface area contributed by atoms with Crippen LogP contribution in [0.4, 0.5) is 0 Å². The van der Waals surface area contributed by atoms with E-state index in [1.54, 1.807) is 33.4 Å². The molecule has 142 heavy (non-hydrogen) atoms. The van der Waals surface area contributed by atoms with Crippen molar-refractivity contribution in [2.24, 2.45) is 71.0 Å². The molecule has 0 aliphatic heterocycles. The Labute approximate surface area is 833 Å². The van der Waals surface area contributed by atoms with Gasteiger partial charge in [-0.05, 0) is 405 Å². The summed E-state index contributed by atoms with van der Waals surface area (Å²) >= 11 is 0. The maximum Gasteiger partial charge on any atom is 0.0272 e. The number of hydrogen-bond donors (Lipinski definition) is 0. The molecule has 0 nitrogen and oxygen atoms in total. The summed E-state index contributed by atoms with van der Waals surface area (Å²) in [5.41, 5.74) is 40.5. The minimum absolute atomic E-state index is 0.162. The molecule has 0 heteroatoms. The molecule has 12 bridgehead atoms. The Morgan fingerprint density at radius 2 is 0.352 bits per heavy atom. The highest BCUT2D eigenvalue weighted by molar-refractivity contribution is 6.27. The van der Waals surface area contributed by atoms with Crippen molar-refractivity contribution >= 4 is 75.4 Å². The Bertz CT molecular complexity index is 8560. The first-order valence-corrected chi connectivity index (χ1v) is 53.7. The molecule has 0 heterocycles. The largest absolute Gasteiger partial charge is 0.0622 e. The molecular formula is C142H112. The molecule has 12 saturated carbocycles. The zero-order valence-corrected chi connectivity index (χ0v) is 80.4. The molecule has 36 rings (SSSR count). The summed E-state index contributed by atoms with van der Waals surface area (Å²) in [4.78, 5) is 0. The molecule has 21 aromatic carbocycles. The van der Waals surface area contributed by atoms with Crippen molar-refractivity contribution in [2.75, 3.05) is 0 Å². The first-order chi connectivity index (χ1) is 70.4. The Morgan fingerprint density at radius 3 is 0.690 bits per heavy atom. The van der Waals surface area contributed by atoms with Gasteiger partial charge in [-0.25, -0.2) is 0 Å². The van der Waals surface area contributed by atoms with Gasteiger partial charge < -0.3 is 0 Å². The summed E-state index contributed by atoms with van der Waals surface area (Å²) in [6, 6.07) is 161. The summed E-state index contributed by atoms with van der Waals surface area (Å²) in [5.74, 6) is 10.3. The lowest BCUT2D eigenvalue weighted by Gasteiger charge is -2.61. The van der Waals surface area contributed by atoms with Gasteiger partial charge in [-0.2, -0.15) is 0 Å². The summed E-state index contributed by atoms with van der Waals surface area (Å²) in [6.45, 7) is 0. The van der Waals surface area contributed by atoms with E-state index in [9.17, 15) is 0 Å². The van der Waals surface area contributed by atoms with Gasteiger partial charge in [0, 0.05) is 16.2 Å². The number of benzene rings is 21. The van der Waals surface area contributed by atoms with E-state index in [1.807, 2.05) is 0 Å². The standard InChI is InChI=1S/2C48H38.C46H36/c1-2-11-32(12-3-1)33-21-23-34(24-22-33)45-37-13-4-6-15-39(37)46(40-16-7-5-14-38(40)45)42-18-10-20-44-47(42)41-17-8-9-19-43(41)48(44)35-26-30-25-31(28-35)29-36(48)27-30;1-2-13-32(14-3-1)35-15-4-5-16-36(35)45-37-17-6-8-19-39(37)46(40-20-9-7-18-38(40)45)42-22-12-24-44-47(42)41-21-10-11-23-43(41)48(44)33-26-30-25-31(28-33)29-34(48)27-30;1-2-11-31-27-32(21-20-30(31)10-1)43-35-12-3-5-14-37(35)44(38-15-6-4-13-36(38)43)40-17-9-19-42-45(40)39-16-7-8-18-41(39)46(42)33-23-28-22-29(25-33)26-34(46)24-28/h1-24,30-31,35-36H,25-29H2;1-24,30-31,33-34H,25-29H2;1-21,27-29,33-34H,22-26H2. The fourth-order valence-electron chi connectivity index (χ4n) is 34.8. The molecule has 0 radical (unpaired) electrons. The van der Waals surface area contributed by atoms with Gasteiger partial charge in [0.15, 0.2) is 0 Å². The highest BCUT2D eigenvalue weighted by Crippen LogP contribution is 2.75. The Balaban J connectivity index is 0.0000000977. The molecule has 21 aromatic rings. The Morgan fingerprint density at radius 1 is 0.127 bits per heavy atom. The van der Waals surface area contributed by atoms with Crippen molar-refractivity contribution in [3.63, 3.8) is 0 Å². The number of fused-ring (bicyclic) bond motifs is 16. The van der Waals surface area contributed by atoms with Gasteiger partial charge in [-0.1, -0.05) is 419 Å². The maximum atomic E-state index is 2.54. The summed E-state index contributed by atoms with van der Waals surface area (Å²) < 4.78 is 0. The predicted molar refractivity (Wildman–Crippen MR) is 595 cm³/mol. The van der Waals surface area contributed by atoms with E-state index in [0.717, 1.165) is 71.0 Å². The third kappa shape index (κ3) is 11.7. The summed E-state index contributed by atoms with van der Waals surface area (Å²) in [5, 5.41) is 18.6. The van der Waals surface area contributed by atoms with Crippen LogP contribution in [0.25, 0.3) is 198 Å². The fraction of sp³-hybridized carbons (Fsp3) is 0.211. The molecule has 0 aromatic heterocycles. The quantitative estimate of drug-likeness (QED) is 0.133. The highest BCUT2D eigenvalue weighted by atomic mass is 14.7. The van der Waals surface area contributed by atoms with Crippen LogP contribution in [0.3, 0.4) is 0 Å². The zero-order valence-electron chi connectivity index (χ0n) is 80.4. The average molecular weight is 1820 g/mol. The van der Waals surface area contributed by atoms with Gasteiger partial charge >= 0.3 is 0 Å². The van der Waals surface area contributed by atoms with Crippen LogP contribution >= 0.6 is 0 Å². The van der Waals surface area contributed by atoms with E-state index >= 15 is 0 Å². The lowest BCUT2D eigenvalue weighted by Crippen LogP contribution is -2.55. The lowest BCUT2D eigenvalue weighted by molar-refractivity contribution is -0.0399. The van der Waals surface area contributed by atoms with E-state index in [0.29, 0.717) is 0 Å². The van der Waals surface area contributed by atoms with Crippen LogP contribution in [0, 0.1) is 71.0 Å². The van der Waals surface area contributed by atoms with E-state index in [4.69, 9.17) is 0 Å². The van der Waals surface area contributed by atoms with Crippen LogP contribution in [0.5, 0.6) is 0 Å².